The van der Waals surface area contributed by atoms with Crippen molar-refractivity contribution in [3.8, 4) is 22.5 Å². The van der Waals surface area contributed by atoms with Crippen molar-refractivity contribution in [2.75, 3.05) is 5.32 Å². The number of benzene rings is 2. The van der Waals surface area contributed by atoms with E-state index in [1.807, 2.05) is 54.6 Å². The first-order valence-electron chi connectivity index (χ1n) is 10.1. The molecule has 3 N–H and O–H groups in total. The van der Waals surface area contributed by atoms with Crippen LogP contribution in [0.5, 0.6) is 0 Å². The molecule has 0 fully saturated rings. The van der Waals surface area contributed by atoms with Crippen LogP contribution in [-0.2, 0) is 6.54 Å². The molecule has 2 aromatic carbocycles. The lowest BCUT2D eigenvalue weighted by Gasteiger charge is -2.14. The summed E-state index contributed by atoms with van der Waals surface area (Å²) in [5.41, 5.74) is 4.78. The van der Waals surface area contributed by atoms with Crippen LogP contribution in [0.15, 0.2) is 96.3 Å². The van der Waals surface area contributed by atoms with E-state index in [0.29, 0.717) is 12.4 Å². The van der Waals surface area contributed by atoms with E-state index in [2.05, 4.69) is 33.5 Å². The van der Waals surface area contributed by atoms with Gasteiger partial charge in [-0.25, -0.2) is 9.97 Å². The Morgan fingerprint density at radius 1 is 0.844 bits per heavy atom. The summed E-state index contributed by atoms with van der Waals surface area (Å²) in [7, 11) is 0. The third-order valence-electron chi connectivity index (χ3n) is 5.08. The summed E-state index contributed by atoms with van der Waals surface area (Å²) in [6.45, 7) is 0.548. The van der Waals surface area contributed by atoms with E-state index in [0.717, 1.165) is 55.9 Å². The lowest BCUT2D eigenvalue weighted by atomic mass is 10.0. The average Bonchev–Trinajstić information content (AvgIpc) is 2.88. The van der Waals surface area contributed by atoms with Gasteiger partial charge in [-0.3, -0.25) is 15.1 Å². The molecule has 32 heavy (non-hydrogen) atoms. The Labute approximate surface area is 190 Å². The maximum atomic E-state index is 5.73. The summed E-state index contributed by atoms with van der Waals surface area (Å²) in [6.07, 6.45) is 5.27. The molecule has 156 valence electrons. The fourth-order valence-corrected chi connectivity index (χ4v) is 3.90. The largest absolute Gasteiger partial charge is 0.364 e. The Balaban J connectivity index is 1.68. The number of anilines is 1. The van der Waals surface area contributed by atoms with E-state index in [1.165, 1.54) is 0 Å². The number of fused-ring (bicyclic) bond motifs is 1. The van der Waals surface area contributed by atoms with Crippen LogP contribution in [0.2, 0.25) is 0 Å². The van der Waals surface area contributed by atoms with Crippen molar-refractivity contribution in [1.29, 1.82) is 0 Å². The standard InChI is InChI=1S/C25H20N6S/c26-32-20-13-18(14-27-16-20)24-30-22-11-6-10-21(17-7-2-1-3-8-17)23(22)25(31-24)29-15-19-9-4-5-12-28-19/h1-14,16H,15,26H2,(H,29,30,31). The van der Waals surface area contributed by atoms with Crippen LogP contribution in [0.4, 0.5) is 5.82 Å². The van der Waals surface area contributed by atoms with Crippen LogP contribution >= 0.6 is 11.9 Å². The second-order valence-electron chi connectivity index (χ2n) is 7.16. The van der Waals surface area contributed by atoms with Crippen molar-refractivity contribution in [2.24, 2.45) is 5.14 Å². The minimum absolute atomic E-state index is 0.548. The normalized spacial score (nSPS) is 10.9. The first kappa shape index (κ1) is 20.1. The number of hydrogen-bond donors (Lipinski definition) is 2. The number of rotatable bonds is 6. The van der Waals surface area contributed by atoms with Gasteiger partial charge in [0.05, 0.1) is 23.1 Å². The minimum Gasteiger partial charge on any atom is -0.364 e. The number of hydrogen-bond acceptors (Lipinski definition) is 7. The maximum absolute atomic E-state index is 5.73. The predicted octanol–water partition coefficient (Wildman–Crippen LogP) is 5.33. The number of nitrogens with two attached hydrogens (primary N) is 1. The fraction of sp³-hybridized carbons (Fsp3) is 0.0400. The highest BCUT2D eigenvalue weighted by Crippen LogP contribution is 2.34. The monoisotopic (exact) mass is 436 g/mol. The zero-order valence-corrected chi connectivity index (χ0v) is 18.0. The summed E-state index contributed by atoms with van der Waals surface area (Å²) in [4.78, 5) is 19.3. The van der Waals surface area contributed by atoms with E-state index >= 15 is 0 Å². The molecule has 0 aliphatic heterocycles. The second kappa shape index (κ2) is 9.13. The average molecular weight is 437 g/mol. The van der Waals surface area contributed by atoms with Crippen molar-refractivity contribution < 1.29 is 0 Å². The Bertz CT molecular complexity index is 1360. The van der Waals surface area contributed by atoms with Crippen LogP contribution in [0.3, 0.4) is 0 Å². The molecule has 5 aromatic rings. The molecule has 0 amide bonds. The molecule has 0 bridgehead atoms. The summed E-state index contributed by atoms with van der Waals surface area (Å²) < 4.78 is 0. The third kappa shape index (κ3) is 4.16. The summed E-state index contributed by atoms with van der Waals surface area (Å²) in [6, 6.07) is 24.2. The maximum Gasteiger partial charge on any atom is 0.163 e. The Morgan fingerprint density at radius 2 is 1.72 bits per heavy atom. The Morgan fingerprint density at radius 3 is 2.53 bits per heavy atom. The zero-order valence-electron chi connectivity index (χ0n) is 17.1. The molecule has 3 aromatic heterocycles. The van der Waals surface area contributed by atoms with Crippen molar-refractivity contribution >= 4 is 28.7 Å². The van der Waals surface area contributed by atoms with Gasteiger partial charge in [0.25, 0.3) is 0 Å². The predicted molar refractivity (Wildman–Crippen MR) is 130 cm³/mol. The van der Waals surface area contributed by atoms with Gasteiger partial charge in [0, 0.05) is 29.0 Å². The van der Waals surface area contributed by atoms with E-state index in [1.54, 1.807) is 18.6 Å². The van der Waals surface area contributed by atoms with Gasteiger partial charge in [-0.1, -0.05) is 48.5 Å². The molecule has 0 saturated carbocycles. The van der Waals surface area contributed by atoms with Crippen LogP contribution in [0, 0.1) is 0 Å². The second-order valence-corrected chi connectivity index (χ2v) is 7.87. The lowest BCUT2D eigenvalue weighted by molar-refractivity contribution is 1.03. The molecule has 0 saturated heterocycles. The van der Waals surface area contributed by atoms with Crippen molar-refractivity contribution in [2.45, 2.75) is 11.4 Å². The summed E-state index contributed by atoms with van der Waals surface area (Å²) >= 11 is 1.15. The molecule has 6 nitrogen and oxygen atoms in total. The van der Waals surface area contributed by atoms with Gasteiger partial charge in [-0.2, -0.15) is 0 Å². The molecule has 5 rings (SSSR count). The summed E-state index contributed by atoms with van der Waals surface area (Å²) in [5.74, 6) is 1.34. The number of pyridine rings is 2. The van der Waals surface area contributed by atoms with Gasteiger partial charge >= 0.3 is 0 Å². The molecule has 0 aliphatic carbocycles. The Kier molecular flexibility index (Phi) is 5.74. The van der Waals surface area contributed by atoms with Gasteiger partial charge in [0.1, 0.15) is 5.82 Å². The Hall–Kier alpha value is -3.81. The first-order valence-corrected chi connectivity index (χ1v) is 11.0. The SMILES string of the molecule is NSc1cncc(-c2nc(NCc3ccccn3)c3c(-c4ccccc4)cccc3n2)c1. The lowest BCUT2D eigenvalue weighted by Crippen LogP contribution is -2.06. The van der Waals surface area contributed by atoms with E-state index < -0.39 is 0 Å². The highest BCUT2D eigenvalue weighted by Gasteiger charge is 2.15. The molecule has 3 heterocycles. The molecular formula is C25H20N6S. The molecule has 0 spiro atoms. The van der Waals surface area contributed by atoms with Crippen molar-refractivity contribution in [3.05, 3.63) is 97.1 Å². The van der Waals surface area contributed by atoms with Crippen LogP contribution < -0.4 is 10.5 Å². The van der Waals surface area contributed by atoms with Gasteiger partial charge in [0.15, 0.2) is 5.82 Å². The van der Waals surface area contributed by atoms with Crippen LogP contribution in [0.25, 0.3) is 33.4 Å². The van der Waals surface area contributed by atoms with Crippen LogP contribution in [0.1, 0.15) is 5.69 Å². The van der Waals surface area contributed by atoms with E-state index in [4.69, 9.17) is 15.1 Å². The third-order valence-corrected chi connectivity index (χ3v) is 5.57. The molecule has 0 aliphatic rings. The number of aromatic nitrogens is 4. The first-order chi connectivity index (χ1) is 15.8. The van der Waals surface area contributed by atoms with Crippen molar-refractivity contribution in [3.63, 3.8) is 0 Å². The molecule has 0 atom stereocenters. The van der Waals surface area contributed by atoms with E-state index in [-0.39, 0.29) is 0 Å². The number of nitrogens with zero attached hydrogens (tertiary/aromatic N) is 4. The van der Waals surface area contributed by atoms with Crippen molar-refractivity contribution in [1.82, 2.24) is 19.9 Å². The fourth-order valence-electron chi connectivity index (χ4n) is 3.58. The molecule has 0 unspecified atom stereocenters. The quantitative estimate of drug-likeness (QED) is 0.348. The summed E-state index contributed by atoms with van der Waals surface area (Å²) in [5, 5.41) is 10.2. The van der Waals surface area contributed by atoms with Gasteiger partial charge in [-0.15, -0.1) is 0 Å². The smallest absolute Gasteiger partial charge is 0.163 e. The zero-order chi connectivity index (χ0) is 21.8. The van der Waals surface area contributed by atoms with Gasteiger partial charge < -0.3 is 5.32 Å². The molecule has 7 heteroatoms. The topological polar surface area (TPSA) is 89.6 Å². The molecule has 0 radical (unpaired) electrons. The highest BCUT2D eigenvalue weighted by molar-refractivity contribution is 7.97. The highest BCUT2D eigenvalue weighted by atomic mass is 32.2. The number of nitrogens with one attached hydrogen (secondary N) is 1. The molecular weight excluding hydrogens is 416 g/mol. The van der Waals surface area contributed by atoms with Gasteiger partial charge in [-0.05, 0) is 47.3 Å². The van der Waals surface area contributed by atoms with Crippen LogP contribution in [-0.4, -0.2) is 19.9 Å². The minimum atomic E-state index is 0.548. The van der Waals surface area contributed by atoms with E-state index in [9.17, 15) is 0 Å². The van der Waals surface area contributed by atoms with Gasteiger partial charge in [0.2, 0.25) is 0 Å².